The van der Waals surface area contributed by atoms with Crippen LogP contribution < -0.4 is 16.8 Å². The normalized spacial score (nSPS) is 15.3. The van der Waals surface area contributed by atoms with Crippen molar-refractivity contribution in [3.63, 3.8) is 0 Å². The maximum atomic E-state index is 10.6. The highest BCUT2D eigenvalue weighted by atomic mass is 16.1. The van der Waals surface area contributed by atoms with Gasteiger partial charge in [0, 0.05) is 25.6 Å². The zero-order chi connectivity index (χ0) is 11.1. The molecule has 5 N–H and O–H groups in total. The van der Waals surface area contributed by atoms with E-state index in [4.69, 9.17) is 11.5 Å². The third kappa shape index (κ3) is 6.86. The number of nitrogens with two attached hydrogens (primary N) is 2. The Bertz CT molecular complexity index is 171. The quantitative estimate of drug-likeness (QED) is 0.575. The molecule has 14 heavy (non-hydrogen) atoms. The van der Waals surface area contributed by atoms with E-state index < -0.39 is 0 Å². The van der Waals surface area contributed by atoms with Crippen molar-refractivity contribution in [2.24, 2.45) is 17.4 Å². The summed E-state index contributed by atoms with van der Waals surface area (Å²) in [5.41, 5.74) is 11.7. The molecule has 0 saturated heterocycles. The van der Waals surface area contributed by atoms with Crippen molar-refractivity contribution in [1.29, 1.82) is 0 Å². The van der Waals surface area contributed by atoms with Crippen LogP contribution in [0.5, 0.6) is 0 Å². The van der Waals surface area contributed by atoms with Gasteiger partial charge in [-0.3, -0.25) is 4.79 Å². The Morgan fingerprint density at radius 2 is 1.86 bits per heavy atom. The fraction of sp³-hybridized carbons (Fsp3) is 0.900. The minimum Gasteiger partial charge on any atom is -0.355 e. The lowest BCUT2D eigenvalue weighted by molar-refractivity contribution is -0.119. The topological polar surface area (TPSA) is 81.1 Å². The SMILES string of the molecule is CC(=O)NC[C@@H](N)CCC(N)C(C)C. The lowest BCUT2D eigenvalue weighted by atomic mass is 9.98. The summed E-state index contributed by atoms with van der Waals surface area (Å²) in [6.45, 7) is 6.24. The van der Waals surface area contributed by atoms with Crippen molar-refractivity contribution < 1.29 is 4.79 Å². The molecule has 0 aromatic heterocycles. The number of nitrogens with one attached hydrogen (secondary N) is 1. The molecule has 0 aromatic carbocycles. The first-order valence-corrected chi connectivity index (χ1v) is 5.19. The van der Waals surface area contributed by atoms with Crippen LogP contribution in [-0.2, 0) is 4.79 Å². The van der Waals surface area contributed by atoms with Crippen LogP contribution in [0.15, 0.2) is 0 Å². The molecule has 0 fully saturated rings. The van der Waals surface area contributed by atoms with E-state index in [0.717, 1.165) is 12.8 Å². The van der Waals surface area contributed by atoms with Gasteiger partial charge in [-0.25, -0.2) is 0 Å². The molecule has 0 saturated carbocycles. The highest BCUT2D eigenvalue weighted by Crippen LogP contribution is 2.06. The molecular weight excluding hydrogens is 178 g/mol. The molecule has 0 spiro atoms. The number of rotatable bonds is 6. The summed E-state index contributed by atoms with van der Waals surface area (Å²) >= 11 is 0. The minimum atomic E-state index is -0.0337. The van der Waals surface area contributed by atoms with Crippen LogP contribution in [0, 0.1) is 5.92 Å². The van der Waals surface area contributed by atoms with E-state index in [0.29, 0.717) is 12.5 Å². The molecular formula is C10H23N3O. The van der Waals surface area contributed by atoms with Crippen molar-refractivity contribution in [1.82, 2.24) is 5.32 Å². The van der Waals surface area contributed by atoms with Crippen LogP contribution in [-0.4, -0.2) is 24.5 Å². The molecule has 0 aromatic rings. The molecule has 1 amide bonds. The average molecular weight is 201 g/mol. The van der Waals surface area contributed by atoms with E-state index >= 15 is 0 Å². The number of carbonyl (C=O) groups excluding carboxylic acids is 1. The highest BCUT2D eigenvalue weighted by Gasteiger charge is 2.10. The summed E-state index contributed by atoms with van der Waals surface area (Å²) in [6.07, 6.45) is 1.78. The van der Waals surface area contributed by atoms with E-state index in [9.17, 15) is 4.79 Å². The summed E-state index contributed by atoms with van der Waals surface area (Å²) in [5, 5.41) is 2.69. The number of hydrogen-bond donors (Lipinski definition) is 3. The summed E-state index contributed by atoms with van der Waals surface area (Å²) in [6, 6.07) is 0.224. The second kappa shape index (κ2) is 6.79. The van der Waals surface area contributed by atoms with Gasteiger partial charge in [0.1, 0.15) is 0 Å². The molecule has 2 atom stereocenters. The van der Waals surface area contributed by atoms with E-state index in [-0.39, 0.29) is 18.0 Å². The first-order chi connectivity index (χ1) is 6.43. The third-order valence-electron chi connectivity index (χ3n) is 2.34. The maximum Gasteiger partial charge on any atom is 0.216 e. The van der Waals surface area contributed by atoms with Gasteiger partial charge in [0.05, 0.1) is 0 Å². The summed E-state index contributed by atoms with van der Waals surface area (Å²) in [7, 11) is 0. The predicted molar refractivity (Wildman–Crippen MR) is 58.7 cm³/mol. The predicted octanol–water partition coefficient (Wildman–Crippen LogP) is 0.213. The van der Waals surface area contributed by atoms with Gasteiger partial charge in [0.25, 0.3) is 0 Å². The zero-order valence-electron chi connectivity index (χ0n) is 9.42. The third-order valence-corrected chi connectivity index (χ3v) is 2.34. The van der Waals surface area contributed by atoms with Crippen LogP contribution in [0.1, 0.15) is 33.6 Å². The van der Waals surface area contributed by atoms with Crippen molar-refractivity contribution in [2.45, 2.75) is 45.7 Å². The maximum absolute atomic E-state index is 10.6. The fourth-order valence-corrected chi connectivity index (χ4v) is 1.12. The molecule has 0 aliphatic carbocycles. The molecule has 4 heteroatoms. The van der Waals surface area contributed by atoms with Crippen molar-refractivity contribution in [2.75, 3.05) is 6.54 Å². The monoisotopic (exact) mass is 201 g/mol. The Labute approximate surface area is 86.4 Å². The Morgan fingerprint density at radius 1 is 1.29 bits per heavy atom. The Morgan fingerprint density at radius 3 is 2.29 bits per heavy atom. The van der Waals surface area contributed by atoms with E-state index in [2.05, 4.69) is 19.2 Å². The fourth-order valence-electron chi connectivity index (χ4n) is 1.12. The second-order valence-corrected chi connectivity index (χ2v) is 4.18. The van der Waals surface area contributed by atoms with Crippen LogP contribution >= 0.6 is 0 Å². The molecule has 0 radical (unpaired) electrons. The summed E-state index contributed by atoms with van der Waals surface area (Å²) < 4.78 is 0. The van der Waals surface area contributed by atoms with Gasteiger partial charge in [0.15, 0.2) is 0 Å². The number of carbonyl (C=O) groups is 1. The summed E-state index contributed by atoms with van der Waals surface area (Å²) in [4.78, 5) is 10.6. The van der Waals surface area contributed by atoms with E-state index in [1.54, 1.807) is 0 Å². The van der Waals surface area contributed by atoms with Crippen LogP contribution in [0.2, 0.25) is 0 Å². The number of hydrogen-bond acceptors (Lipinski definition) is 3. The Hall–Kier alpha value is -0.610. The lowest BCUT2D eigenvalue weighted by Gasteiger charge is -2.18. The molecule has 0 aliphatic rings. The van der Waals surface area contributed by atoms with E-state index in [1.807, 2.05) is 0 Å². The minimum absolute atomic E-state index is 0.0173. The standard InChI is InChI=1S/C10H23N3O/c1-7(2)10(12)5-4-9(11)6-13-8(3)14/h7,9-10H,4-6,11-12H2,1-3H3,(H,13,14)/t9-,10?/m0/s1. The molecule has 0 aliphatic heterocycles. The van der Waals surface area contributed by atoms with Crippen LogP contribution in [0.4, 0.5) is 0 Å². The van der Waals surface area contributed by atoms with Crippen molar-refractivity contribution >= 4 is 5.91 Å². The molecule has 0 rings (SSSR count). The Kier molecular flexibility index (Phi) is 6.49. The van der Waals surface area contributed by atoms with Gasteiger partial charge in [0.2, 0.25) is 5.91 Å². The largest absolute Gasteiger partial charge is 0.355 e. The van der Waals surface area contributed by atoms with Crippen LogP contribution in [0.25, 0.3) is 0 Å². The summed E-state index contributed by atoms with van der Waals surface area (Å²) in [5.74, 6) is 0.455. The average Bonchev–Trinajstić information content (AvgIpc) is 2.10. The van der Waals surface area contributed by atoms with Gasteiger partial charge < -0.3 is 16.8 Å². The van der Waals surface area contributed by atoms with Crippen molar-refractivity contribution in [3.8, 4) is 0 Å². The van der Waals surface area contributed by atoms with Gasteiger partial charge in [-0.05, 0) is 18.8 Å². The number of amides is 1. The molecule has 84 valence electrons. The Balaban J connectivity index is 3.53. The van der Waals surface area contributed by atoms with Crippen molar-refractivity contribution in [3.05, 3.63) is 0 Å². The lowest BCUT2D eigenvalue weighted by Crippen LogP contribution is -2.38. The highest BCUT2D eigenvalue weighted by molar-refractivity contribution is 5.72. The molecule has 0 heterocycles. The molecule has 0 bridgehead atoms. The van der Waals surface area contributed by atoms with Crippen LogP contribution in [0.3, 0.4) is 0 Å². The van der Waals surface area contributed by atoms with Gasteiger partial charge >= 0.3 is 0 Å². The smallest absolute Gasteiger partial charge is 0.216 e. The van der Waals surface area contributed by atoms with E-state index in [1.165, 1.54) is 6.92 Å². The molecule has 1 unspecified atom stereocenters. The molecule has 4 nitrogen and oxygen atoms in total. The first-order valence-electron chi connectivity index (χ1n) is 5.19. The van der Waals surface area contributed by atoms with Gasteiger partial charge in [-0.15, -0.1) is 0 Å². The van der Waals surface area contributed by atoms with Gasteiger partial charge in [-0.1, -0.05) is 13.8 Å². The second-order valence-electron chi connectivity index (χ2n) is 4.18. The first kappa shape index (κ1) is 13.4. The zero-order valence-corrected chi connectivity index (χ0v) is 9.42. The van der Waals surface area contributed by atoms with Gasteiger partial charge in [-0.2, -0.15) is 0 Å².